The van der Waals surface area contributed by atoms with Crippen molar-refractivity contribution >= 4 is 11.8 Å². The first-order chi connectivity index (χ1) is 12.0. The van der Waals surface area contributed by atoms with Crippen LogP contribution >= 0.6 is 0 Å². The smallest absolute Gasteiger partial charge is 0.224 e. The molecular weight excluding hydrogens is 312 g/mol. The number of nitrogens with zero attached hydrogens (tertiary/aromatic N) is 2. The van der Waals surface area contributed by atoms with Crippen molar-refractivity contribution in [3.05, 3.63) is 71.3 Å². The highest BCUT2D eigenvalue weighted by molar-refractivity contribution is 5.78. The molecule has 0 aliphatic carbocycles. The summed E-state index contributed by atoms with van der Waals surface area (Å²) in [5, 5.41) is 0. The molecule has 4 heteroatoms. The van der Waals surface area contributed by atoms with E-state index in [9.17, 15) is 9.59 Å². The van der Waals surface area contributed by atoms with E-state index in [2.05, 4.69) is 0 Å². The molecule has 0 atom stereocenters. The summed E-state index contributed by atoms with van der Waals surface area (Å²) < 4.78 is 0. The van der Waals surface area contributed by atoms with Crippen LogP contribution in [0.25, 0.3) is 0 Å². The predicted octanol–water partition coefficient (Wildman–Crippen LogP) is 3.39. The van der Waals surface area contributed by atoms with Gasteiger partial charge in [-0.3, -0.25) is 9.59 Å². The molecule has 0 N–H and O–H groups in total. The van der Waals surface area contributed by atoms with E-state index in [0.717, 1.165) is 11.1 Å². The molecule has 2 aromatic rings. The summed E-state index contributed by atoms with van der Waals surface area (Å²) in [5.41, 5.74) is 3.36. The van der Waals surface area contributed by atoms with E-state index in [0.29, 0.717) is 26.1 Å². The van der Waals surface area contributed by atoms with Gasteiger partial charge in [-0.15, -0.1) is 0 Å². The Morgan fingerprint density at radius 3 is 2.08 bits per heavy atom. The molecule has 0 aromatic heterocycles. The zero-order chi connectivity index (χ0) is 18.2. The Kier molecular flexibility index (Phi) is 6.75. The molecule has 4 nitrogen and oxygen atoms in total. The predicted molar refractivity (Wildman–Crippen MR) is 99.8 cm³/mol. The Morgan fingerprint density at radius 1 is 0.880 bits per heavy atom. The van der Waals surface area contributed by atoms with Gasteiger partial charge in [-0.05, 0) is 18.1 Å². The topological polar surface area (TPSA) is 40.6 Å². The molecule has 2 aromatic carbocycles. The summed E-state index contributed by atoms with van der Waals surface area (Å²) >= 11 is 0. The lowest BCUT2D eigenvalue weighted by atomic mass is 10.1. The fraction of sp³-hybridized carbons (Fsp3) is 0.333. The van der Waals surface area contributed by atoms with E-state index in [1.807, 2.05) is 61.5 Å². The first kappa shape index (κ1) is 18.7. The van der Waals surface area contributed by atoms with Gasteiger partial charge in [-0.2, -0.15) is 0 Å². The lowest BCUT2D eigenvalue weighted by Crippen LogP contribution is -2.34. The third kappa shape index (κ3) is 6.07. The summed E-state index contributed by atoms with van der Waals surface area (Å²) in [7, 11) is 1.80. The van der Waals surface area contributed by atoms with Crippen molar-refractivity contribution < 1.29 is 9.59 Å². The largest absolute Gasteiger partial charge is 0.341 e. The molecule has 2 rings (SSSR count). The zero-order valence-corrected chi connectivity index (χ0v) is 15.2. The van der Waals surface area contributed by atoms with Gasteiger partial charge in [0.2, 0.25) is 11.8 Å². The number of hydrogen-bond donors (Lipinski definition) is 0. The average Bonchev–Trinajstić information content (AvgIpc) is 2.60. The molecule has 0 heterocycles. The quantitative estimate of drug-likeness (QED) is 0.776. The maximum absolute atomic E-state index is 12.4. The molecule has 132 valence electrons. The Morgan fingerprint density at radius 2 is 1.48 bits per heavy atom. The van der Waals surface area contributed by atoms with E-state index in [-0.39, 0.29) is 11.8 Å². The first-order valence-electron chi connectivity index (χ1n) is 8.54. The monoisotopic (exact) mass is 338 g/mol. The number of hydrogen-bond acceptors (Lipinski definition) is 2. The maximum Gasteiger partial charge on any atom is 0.224 e. The van der Waals surface area contributed by atoms with Gasteiger partial charge in [-0.1, -0.05) is 60.2 Å². The van der Waals surface area contributed by atoms with E-state index < -0.39 is 0 Å². The van der Waals surface area contributed by atoms with Gasteiger partial charge < -0.3 is 9.80 Å². The van der Waals surface area contributed by atoms with E-state index in [1.54, 1.807) is 23.8 Å². The Bertz CT molecular complexity index is 696. The Labute approximate surface area is 150 Å². The summed E-state index contributed by atoms with van der Waals surface area (Å²) in [6, 6.07) is 18.0. The number of carbonyl (C=O) groups is 2. The minimum atomic E-state index is -0.0147. The maximum atomic E-state index is 12.4. The Balaban J connectivity index is 1.88. The van der Waals surface area contributed by atoms with Gasteiger partial charge in [0.15, 0.2) is 0 Å². The number of carbonyl (C=O) groups excluding carboxylic acids is 2. The van der Waals surface area contributed by atoms with Gasteiger partial charge in [0.05, 0.1) is 0 Å². The second-order valence-electron chi connectivity index (χ2n) is 6.41. The molecule has 2 amide bonds. The van der Waals surface area contributed by atoms with E-state index in [4.69, 9.17) is 0 Å². The molecule has 25 heavy (non-hydrogen) atoms. The molecular formula is C21H26N2O2. The highest BCUT2D eigenvalue weighted by Crippen LogP contribution is 2.09. The fourth-order valence-electron chi connectivity index (χ4n) is 2.63. The van der Waals surface area contributed by atoms with Crippen LogP contribution < -0.4 is 0 Å². The zero-order valence-electron chi connectivity index (χ0n) is 15.2. The summed E-state index contributed by atoms with van der Waals surface area (Å²) in [6.07, 6.45) is 0.328. The Hall–Kier alpha value is -2.62. The number of aryl methyl sites for hydroxylation is 1. The standard InChI is InChI=1S/C21H26N2O2/c1-17-9-11-20(12-10-17)16-23(18(2)24)14-13-21(25)22(3)15-19-7-5-4-6-8-19/h4-12H,13-16H2,1-3H3. The van der Waals surface area contributed by atoms with Crippen molar-refractivity contribution in [1.29, 1.82) is 0 Å². The second-order valence-corrected chi connectivity index (χ2v) is 6.41. The average molecular weight is 338 g/mol. The van der Waals surface area contributed by atoms with Crippen molar-refractivity contribution in [1.82, 2.24) is 9.80 Å². The second kappa shape index (κ2) is 9.02. The number of rotatable bonds is 7. The van der Waals surface area contributed by atoms with Crippen molar-refractivity contribution in [2.24, 2.45) is 0 Å². The number of amides is 2. The summed E-state index contributed by atoms with van der Waals surface area (Å²) in [6.45, 7) is 5.13. The molecule has 0 aliphatic heterocycles. The first-order valence-corrected chi connectivity index (χ1v) is 8.54. The van der Waals surface area contributed by atoms with Crippen LogP contribution in [0.15, 0.2) is 54.6 Å². The molecule has 0 unspecified atom stereocenters. The number of benzene rings is 2. The highest BCUT2D eigenvalue weighted by Gasteiger charge is 2.14. The van der Waals surface area contributed by atoms with Crippen LogP contribution in [0.5, 0.6) is 0 Å². The van der Waals surface area contributed by atoms with Crippen LogP contribution in [-0.2, 0) is 22.7 Å². The SMILES string of the molecule is CC(=O)N(CCC(=O)N(C)Cc1ccccc1)Cc1ccc(C)cc1. The summed E-state index contributed by atoms with van der Waals surface area (Å²) in [4.78, 5) is 27.7. The van der Waals surface area contributed by atoms with Crippen LogP contribution in [0.2, 0.25) is 0 Å². The molecule has 0 spiro atoms. The van der Waals surface area contributed by atoms with Gasteiger partial charge >= 0.3 is 0 Å². The minimum absolute atomic E-state index is 0.0147. The fourth-order valence-corrected chi connectivity index (χ4v) is 2.63. The normalized spacial score (nSPS) is 10.4. The lowest BCUT2D eigenvalue weighted by molar-refractivity contribution is -0.133. The van der Waals surface area contributed by atoms with Crippen LogP contribution in [-0.4, -0.2) is 35.2 Å². The van der Waals surface area contributed by atoms with Gasteiger partial charge in [0.25, 0.3) is 0 Å². The van der Waals surface area contributed by atoms with Crippen LogP contribution in [0, 0.1) is 6.92 Å². The third-order valence-corrected chi connectivity index (χ3v) is 4.22. The van der Waals surface area contributed by atoms with Crippen molar-refractivity contribution in [2.75, 3.05) is 13.6 Å². The van der Waals surface area contributed by atoms with E-state index in [1.165, 1.54) is 5.56 Å². The van der Waals surface area contributed by atoms with Crippen molar-refractivity contribution in [3.63, 3.8) is 0 Å². The molecule has 0 saturated heterocycles. The summed E-state index contributed by atoms with van der Waals surface area (Å²) in [5.74, 6) is 0.0260. The lowest BCUT2D eigenvalue weighted by Gasteiger charge is -2.23. The van der Waals surface area contributed by atoms with Gasteiger partial charge in [0.1, 0.15) is 0 Å². The third-order valence-electron chi connectivity index (χ3n) is 4.22. The molecule has 0 bridgehead atoms. The highest BCUT2D eigenvalue weighted by atomic mass is 16.2. The minimum Gasteiger partial charge on any atom is -0.341 e. The van der Waals surface area contributed by atoms with E-state index >= 15 is 0 Å². The van der Waals surface area contributed by atoms with Crippen LogP contribution in [0.1, 0.15) is 30.0 Å². The molecule has 0 aliphatic rings. The molecule has 0 radical (unpaired) electrons. The van der Waals surface area contributed by atoms with Crippen molar-refractivity contribution in [2.45, 2.75) is 33.4 Å². The van der Waals surface area contributed by atoms with Crippen molar-refractivity contribution in [3.8, 4) is 0 Å². The van der Waals surface area contributed by atoms with Crippen LogP contribution in [0.3, 0.4) is 0 Å². The van der Waals surface area contributed by atoms with Gasteiger partial charge in [-0.25, -0.2) is 0 Å². The molecule has 0 saturated carbocycles. The molecule has 0 fully saturated rings. The van der Waals surface area contributed by atoms with Gasteiger partial charge in [0, 0.05) is 40.0 Å². The van der Waals surface area contributed by atoms with Crippen LogP contribution in [0.4, 0.5) is 0 Å².